The van der Waals surface area contributed by atoms with Crippen LogP contribution in [0.25, 0.3) is 0 Å². The molecule has 1 saturated carbocycles. The SMILES string of the molecule is NCCS(=O)(=O)NCCCC1CC1. The molecule has 0 aromatic carbocycles. The van der Waals surface area contributed by atoms with Gasteiger partial charge in [0.25, 0.3) is 0 Å². The predicted octanol–water partition coefficient (Wildman–Crippen LogP) is 0.0547. The van der Waals surface area contributed by atoms with Crippen molar-refractivity contribution in [2.24, 2.45) is 11.7 Å². The Bertz CT molecular complexity index is 235. The first-order valence-electron chi connectivity index (χ1n) is 4.81. The molecule has 0 spiro atoms. The molecule has 0 amide bonds. The third kappa shape index (κ3) is 5.23. The number of rotatable bonds is 7. The lowest BCUT2D eigenvalue weighted by Crippen LogP contribution is -2.30. The van der Waals surface area contributed by atoms with Crippen LogP contribution >= 0.6 is 0 Å². The maximum absolute atomic E-state index is 11.1. The normalized spacial score (nSPS) is 17.6. The van der Waals surface area contributed by atoms with Gasteiger partial charge in [0.1, 0.15) is 0 Å². The third-order valence-electron chi connectivity index (χ3n) is 2.19. The lowest BCUT2D eigenvalue weighted by molar-refractivity contribution is 0.572. The van der Waals surface area contributed by atoms with Gasteiger partial charge in [-0.25, -0.2) is 13.1 Å². The van der Waals surface area contributed by atoms with E-state index in [0.29, 0.717) is 6.54 Å². The summed E-state index contributed by atoms with van der Waals surface area (Å²) in [4.78, 5) is 0. The molecule has 5 heteroatoms. The molecule has 0 saturated heterocycles. The molecule has 0 bridgehead atoms. The maximum atomic E-state index is 11.1. The van der Waals surface area contributed by atoms with Crippen molar-refractivity contribution >= 4 is 10.0 Å². The summed E-state index contributed by atoms with van der Waals surface area (Å²) in [5, 5.41) is 0. The second kappa shape index (κ2) is 4.93. The fourth-order valence-corrected chi connectivity index (χ4v) is 2.16. The van der Waals surface area contributed by atoms with Gasteiger partial charge < -0.3 is 5.73 Å². The van der Waals surface area contributed by atoms with Crippen LogP contribution in [0.3, 0.4) is 0 Å². The zero-order valence-electron chi connectivity index (χ0n) is 7.83. The van der Waals surface area contributed by atoms with Gasteiger partial charge in [-0.05, 0) is 18.8 Å². The van der Waals surface area contributed by atoms with E-state index in [1.807, 2.05) is 0 Å². The highest BCUT2D eigenvalue weighted by Crippen LogP contribution is 2.33. The Kier molecular flexibility index (Phi) is 4.15. The van der Waals surface area contributed by atoms with Crippen LogP contribution in [0.5, 0.6) is 0 Å². The molecule has 1 rings (SSSR count). The summed E-state index contributed by atoms with van der Waals surface area (Å²) in [6.45, 7) is 0.761. The number of hydrogen-bond donors (Lipinski definition) is 2. The first kappa shape index (κ1) is 10.9. The maximum Gasteiger partial charge on any atom is 0.212 e. The first-order chi connectivity index (χ1) is 6.14. The van der Waals surface area contributed by atoms with Gasteiger partial charge in [-0.15, -0.1) is 0 Å². The number of sulfonamides is 1. The van der Waals surface area contributed by atoms with E-state index in [0.717, 1.165) is 18.8 Å². The zero-order valence-corrected chi connectivity index (χ0v) is 8.65. The Hall–Kier alpha value is -0.130. The van der Waals surface area contributed by atoms with E-state index >= 15 is 0 Å². The summed E-state index contributed by atoms with van der Waals surface area (Å²) in [7, 11) is -3.08. The van der Waals surface area contributed by atoms with Crippen molar-refractivity contribution in [1.29, 1.82) is 0 Å². The van der Waals surface area contributed by atoms with E-state index in [1.54, 1.807) is 0 Å². The van der Waals surface area contributed by atoms with Crippen molar-refractivity contribution < 1.29 is 8.42 Å². The highest BCUT2D eigenvalue weighted by Gasteiger charge is 2.20. The molecule has 4 nitrogen and oxygen atoms in total. The largest absolute Gasteiger partial charge is 0.329 e. The van der Waals surface area contributed by atoms with Gasteiger partial charge in [-0.2, -0.15) is 0 Å². The number of nitrogens with one attached hydrogen (secondary N) is 1. The lowest BCUT2D eigenvalue weighted by Gasteiger charge is -2.04. The summed E-state index contributed by atoms with van der Waals surface area (Å²) in [6.07, 6.45) is 4.77. The predicted molar refractivity (Wildman–Crippen MR) is 52.8 cm³/mol. The molecule has 0 atom stereocenters. The highest BCUT2D eigenvalue weighted by molar-refractivity contribution is 7.89. The van der Waals surface area contributed by atoms with E-state index in [9.17, 15) is 8.42 Å². The molecular formula is C8H18N2O2S. The molecule has 0 radical (unpaired) electrons. The van der Waals surface area contributed by atoms with E-state index in [2.05, 4.69) is 4.72 Å². The summed E-state index contributed by atoms with van der Waals surface area (Å²) >= 11 is 0. The van der Waals surface area contributed by atoms with Gasteiger partial charge in [0.15, 0.2) is 0 Å². The number of hydrogen-bond acceptors (Lipinski definition) is 3. The lowest BCUT2D eigenvalue weighted by atomic mass is 10.2. The van der Waals surface area contributed by atoms with Crippen LogP contribution in [-0.2, 0) is 10.0 Å². The second-order valence-electron chi connectivity index (χ2n) is 3.59. The second-order valence-corrected chi connectivity index (χ2v) is 5.51. The summed E-state index contributed by atoms with van der Waals surface area (Å²) < 4.78 is 24.7. The summed E-state index contributed by atoms with van der Waals surface area (Å²) in [5.41, 5.74) is 5.16. The Balaban J connectivity index is 2.02. The molecule has 3 N–H and O–H groups in total. The number of nitrogens with two attached hydrogens (primary N) is 1. The van der Waals surface area contributed by atoms with Crippen molar-refractivity contribution in [3.05, 3.63) is 0 Å². The van der Waals surface area contributed by atoms with Crippen molar-refractivity contribution in [2.45, 2.75) is 25.7 Å². The average Bonchev–Trinajstić information content (AvgIpc) is 2.81. The molecule has 1 aliphatic carbocycles. The average molecular weight is 206 g/mol. The Morgan fingerprint density at radius 1 is 1.38 bits per heavy atom. The van der Waals surface area contributed by atoms with Crippen molar-refractivity contribution in [3.63, 3.8) is 0 Å². The molecule has 0 aromatic rings. The standard InChI is InChI=1S/C8H18N2O2S/c9-5-7-13(11,12)10-6-1-2-8-3-4-8/h8,10H,1-7,9H2. The van der Waals surface area contributed by atoms with Crippen LogP contribution in [-0.4, -0.2) is 27.3 Å². The van der Waals surface area contributed by atoms with E-state index in [4.69, 9.17) is 5.73 Å². The van der Waals surface area contributed by atoms with E-state index in [-0.39, 0.29) is 12.3 Å². The highest BCUT2D eigenvalue weighted by atomic mass is 32.2. The van der Waals surface area contributed by atoms with Crippen LogP contribution in [0.1, 0.15) is 25.7 Å². The molecule has 0 aliphatic heterocycles. The van der Waals surface area contributed by atoms with Gasteiger partial charge in [0.05, 0.1) is 5.75 Å². The molecule has 13 heavy (non-hydrogen) atoms. The monoisotopic (exact) mass is 206 g/mol. The fraction of sp³-hybridized carbons (Fsp3) is 1.00. The summed E-state index contributed by atoms with van der Waals surface area (Å²) in [5.74, 6) is 0.912. The van der Waals surface area contributed by atoms with Gasteiger partial charge in [0.2, 0.25) is 10.0 Å². The minimum absolute atomic E-state index is 0.0381. The minimum Gasteiger partial charge on any atom is -0.329 e. The van der Waals surface area contributed by atoms with Crippen LogP contribution in [0.2, 0.25) is 0 Å². The van der Waals surface area contributed by atoms with Crippen LogP contribution in [0.4, 0.5) is 0 Å². The topological polar surface area (TPSA) is 72.2 Å². The molecule has 0 unspecified atom stereocenters. The quantitative estimate of drug-likeness (QED) is 0.578. The fourth-order valence-electron chi connectivity index (χ4n) is 1.25. The van der Waals surface area contributed by atoms with Crippen LogP contribution < -0.4 is 10.5 Å². The molecule has 1 fully saturated rings. The zero-order chi connectivity index (χ0) is 9.73. The van der Waals surface area contributed by atoms with Crippen LogP contribution in [0, 0.1) is 5.92 Å². The Morgan fingerprint density at radius 2 is 2.08 bits per heavy atom. The molecule has 0 heterocycles. The molecule has 0 aromatic heterocycles. The van der Waals surface area contributed by atoms with Crippen LogP contribution in [0.15, 0.2) is 0 Å². The minimum atomic E-state index is -3.08. The van der Waals surface area contributed by atoms with Crippen molar-refractivity contribution in [1.82, 2.24) is 4.72 Å². The van der Waals surface area contributed by atoms with Gasteiger partial charge in [0, 0.05) is 13.1 Å². The van der Waals surface area contributed by atoms with E-state index in [1.165, 1.54) is 12.8 Å². The van der Waals surface area contributed by atoms with Gasteiger partial charge in [-0.1, -0.05) is 12.8 Å². The van der Waals surface area contributed by atoms with Gasteiger partial charge >= 0.3 is 0 Å². The molecule has 78 valence electrons. The Morgan fingerprint density at radius 3 is 2.62 bits per heavy atom. The summed E-state index contributed by atoms with van der Waals surface area (Å²) in [6, 6.07) is 0. The molecule has 1 aliphatic rings. The van der Waals surface area contributed by atoms with Crippen molar-refractivity contribution in [3.8, 4) is 0 Å². The first-order valence-corrected chi connectivity index (χ1v) is 6.46. The molecular weight excluding hydrogens is 188 g/mol. The van der Waals surface area contributed by atoms with Crippen molar-refractivity contribution in [2.75, 3.05) is 18.8 Å². The van der Waals surface area contributed by atoms with E-state index < -0.39 is 10.0 Å². The third-order valence-corrected chi connectivity index (χ3v) is 3.61. The van der Waals surface area contributed by atoms with Gasteiger partial charge in [-0.3, -0.25) is 0 Å². The Labute approximate surface area is 79.9 Å². The smallest absolute Gasteiger partial charge is 0.212 e.